The molecule has 0 unspecified atom stereocenters. The fraction of sp³-hybridized carbons (Fsp3) is 0.462. The lowest BCUT2D eigenvalue weighted by atomic mass is 9.61. The van der Waals surface area contributed by atoms with Crippen molar-refractivity contribution >= 4 is 5.78 Å². The maximum atomic E-state index is 11.9. The number of ether oxygens (including phenoxy) is 4. The molecule has 0 saturated carbocycles. The van der Waals surface area contributed by atoms with Gasteiger partial charge in [0.05, 0.1) is 28.4 Å². The number of allylic oxidation sites excluding steroid dienone is 2. The lowest BCUT2D eigenvalue weighted by molar-refractivity contribution is -0.116. The Balaban J connectivity index is 0.000000209. The normalized spacial score (nSPS) is 19.5. The molecule has 3 aromatic carbocycles. The molecule has 2 aliphatic rings. The highest BCUT2D eigenvalue weighted by atomic mass is 16.5. The van der Waals surface area contributed by atoms with Crippen LogP contribution in [0.25, 0.3) is 0 Å². The molecule has 248 valence electrons. The predicted octanol–water partition coefficient (Wildman–Crippen LogP) is 7.02. The molecule has 7 nitrogen and oxygen atoms in total. The molecule has 0 radical (unpaired) electrons. The van der Waals surface area contributed by atoms with E-state index < -0.39 is 0 Å². The zero-order chi connectivity index (χ0) is 33.3. The molecule has 1 heterocycles. The number of methoxy groups -OCH3 is 4. The summed E-state index contributed by atoms with van der Waals surface area (Å²) < 4.78 is 21.4. The maximum absolute atomic E-state index is 11.9. The van der Waals surface area contributed by atoms with Gasteiger partial charge in [0.25, 0.3) is 0 Å². The lowest BCUT2D eigenvalue weighted by Gasteiger charge is -2.44. The first-order valence-electron chi connectivity index (χ1n) is 16.2. The minimum Gasteiger partial charge on any atom is -0.497 e. The minimum atomic E-state index is -0.0386. The molecular formula is C39H52N2O5. The predicted molar refractivity (Wildman–Crippen MR) is 185 cm³/mol. The summed E-state index contributed by atoms with van der Waals surface area (Å²) in [7, 11) is 11.0. The highest BCUT2D eigenvalue weighted by molar-refractivity contribution is 5.91. The quantitative estimate of drug-likeness (QED) is 0.252. The van der Waals surface area contributed by atoms with E-state index in [-0.39, 0.29) is 11.2 Å². The van der Waals surface area contributed by atoms with Gasteiger partial charge in [-0.15, -0.1) is 0 Å². The van der Waals surface area contributed by atoms with Crippen LogP contribution >= 0.6 is 0 Å². The number of hydrogen-bond acceptors (Lipinski definition) is 7. The first-order chi connectivity index (χ1) is 22.1. The highest BCUT2D eigenvalue weighted by Crippen LogP contribution is 2.48. The number of ketones is 1. The van der Waals surface area contributed by atoms with Crippen LogP contribution in [0.1, 0.15) is 54.0 Å². The molecular weight excluding hydrogens is 576 g/mol. The van der Waals surface area contributed by atoms with Crippen LogP contribution in [0.3, 0.4) is 0 Å². The SMILES string of the molecule is COc1ccc(CCN(C)Cc2ccc(OC)c(OC)c2)cc1.COc1ccc2c(c1C)[C@@]1(C=CC(=O)C[C@@H]1C)CCCN(C)C2. The van der Waals surface area contributed by atoms with Crippen molar-refractivity contribution in [1.82, 2.24) is 9.80 Å². The summed E-state index contributed by atoms with van der Waals surface area (Å²) in [5.41, 5.74) is 6.47. The number of carbonyl (C=O) groups is 1. The molecule has 2 atom stereocenters. The number of rotatable bonds is 9. The van der Waals surface area contributed by atoms with E-state index in [1.165, 1.54) is 27.8 Å². The van der Waals surface area contributed by atoms with Gasteiger partial charge in [-0.25, -0.2) is 0 Å². The molecule has 46 heavy (non-hydrogen) atoms. The molecule has 1 spiro atoms. The molecule has 0 amide bonds. The van der Waals surface area contributed by atoms with E-state index in [0.29, 0.717) is 12.3 Å². The standard InChI is InChI=1S/C20H27NO2.C19H25NO3/c1-14-12-17(22)8-10-20(14)9-5-11-21(3)13-16-6-7-18(23-4)15(2)19(16)20;1-20(12-11-15-5-8-17(21-2)9-6-15)14-16-7-10-18(22-3)19(13-16)23-4/h6-8,10,14H,5,9,11-13H2,1-4H3;5-10,13H,11-12,14H2,1-4H3/t14-,20+;/m0./s1. The van der Waals surface area contributed by atoms with E-state index in [9.17, 15) is 4.79 Å². The topological polar surface area (TPSA) is 60.5 Å². The van der Waals surface area contributed by atoms with E-state index in [4.69, 9.17) is 18.9 Å². The number of benzene rings is 3. The van der Waals surface area contributed by atoms with Crippen molar-refractivity contribution in [3.63, 3.8) is 0 Å². The van der Waals surface area contributed by atoms with E-state index in [2.05, 4.69) is 74.2 Å². The second-order valence-electron chi connectivity index (χ2n) is 12.7. The summed E-state index contributed by atoms with van der Waals surface area (Å²) in [6.45, 7) is 8.31. The summed E-state index contributed by atoms with van der Waals surface area (Å²) in [4.78, 5) is 16.6. The third-order valence-corrected chi connectivity index (χ3v) is 9.55. The Morgan fingerprint density at radius 2 is 1.57 bits per heavy atom. The van der Waals surface area contributed by atoms with Gasteiger partial charge in [0, 0.05) is 31.5 Å². The second-order valence-corrected chi connectivity index (χ2v) is 12.7. The number of fused-ring (bicyclic) bond motifs is 2. The molecule has 1 aliphatic carbocycles. The number of likely N-dealkylation sites (N-methyl/N-ethyl adjacent to an activating group) is 1. The summed E-state index contributed by atoms with van der Waals surface area (Å²) in [5.74, 6) is 3.96. The molecule has 7 heteroatoms. The lowest BCUT2D eigenvalue weighted by Crippen LogP contribution is -2.40. The Morgan fingerprint density at radius 1 is 0.891 bits per heavy atom. The Labute approximate surface area is 276 Å². The number of nitrogens with zero attached hydrogens (tertiary/aromatic N) is 2. The summed E-state index contributed by atoms with van der Waals surface area (Å²) in [6.07, 6.45) is 7.89. The van der Waals surface area contributed by atoms with E-state index in [1.807, 2.05) is 30.3 Å². The fourth-order valence-corrected chi connectivity index (χ4v) is 6.99. The van der Waals surface area contributed by atoms with Crippen LogP contribution in [0.15, 0.2) is 66.7 Å². The maximum Gasteiger partial charge on any atom is 0.161 e. The minimum absolute atomic E-state index is 0.0386. The fourth-order valence-electron chi connectivity index (χ4n) is 6.99. The molecule has 0 fully saturated rings. The van der Waals surface area contributed by atoms with Crippen LogP contribution < -0.4 is 18.9 Å². The molecule has 0 aromatic heterocycles. The van der Waals surface area contributed by atoms with Crippen molar-refractivity contribution in [3.8, 4) is 23.0 Å². The van der Waals surface area contributed by atoms with Crippen molar-refractivity contribution in [2.24, 2.45) is 5.92 Å². The van der Waals surface area contributed by atoms with E-state index in [0.717, 1.165) is 68.4 Å². The van der Waals surface area contributed by atoms with Gasteiger partial charge in [-0.2, -0.15) is 0 Å². The highest BCUT2D eigenvalue weighted by Gasteiger charge is 2.42. The van der Waals surface area contributed by atoms with Gasteiger partial charge in [0.15, 0.2) is 17.3 Å². The van der Waals surface area contributed by atoms with Crippen molar-refractivity contribution < 1.29 is 23.7 Å². The van der Waals surface area contributed by atoms with Crippen LogP contribution in [0.4, 0.5) is 0 Å². The Hall–Kier alpha value is -3.81. The van der Waals surface area contributed by atoms with Gasteiger partial charge in [-0.3, -0.25) is 4.79 Å². The largest absolute Gasteiger partial charge is 0.497 e. The Kier molecular flexibility index (Phi) is 12.3. The van der Waals surface area contributed by atoms with Crippen molar-refractivity contribution in [3.05, 3.63) is 94.6 Å². The van der Waals surface area contributed by atoms with Crippen molar-refractivity contribution in [2.45, 2.75) is 58.0 Å². The summed E-state index contributed by atoms with van der Waals surface area (Å²) in [5, 5.41) is 0. The molecule has 5 rings (SSSR count). The van der Waals surface area contributed by atoms with E-state index in [1.54, 1.807) is 28.4 Å². The summed E-state index contributed by atoms with van der Waals surface area (Å²) >= 11 is 0. The number of carbonyl (C=O) groups excluding carboxylic acids is 1. The first-order valence-corrected chi connectivity index (χ1v) is 16.2. The zero-order valence-corrected chi connectivity index (χ0v) is 29.0. The van der Waals surface area contributed by atoms with Gasteiger partial charge < -0.3 is 28.7 Å². The molecule has 3 aromatic rings. The van der Waals surface area contributed by atoms with Gasteiger partial charge in [-0.05, 0) is 117 Å². The van der Waals surface area contributed by atoms with Crippen LogP contribution in [0.2, 0.25) is 0 Å². The smallest absolute Gasteiger partial charge is 0.161 e. The zero-order valence-electron chi connectivity index (χ0n) is 29.0. The van der Waals surface area contributed by atoms with Crippen LogP contribution in [0, 0.1) is 12.8 Å². The Morgan fingerprint density at radius 3 is 2.22 bits per heavy atom. The van der Waals surface area contributed by atoms with Gasteiger partial charge in [0.2, 0.25) is 0 Å². The molecule has 1 aliphatic heterocycles. The first kappa shape index (κ1) is 35.1. The van der Waals surface area contributed by atoms with Gasteiger partial charge in [-0.1, -0.05) is 37.3 Å². The third kappa shape index (κ3) is 8.31. The van der Waals surface area contributed by atoms with Gasteiger partial charge >= 0.3 is 0 Å². The average Bonchev–Trinajstić information content (AvgIpc) is 3.05. The summed E-state index contributed by atoms with van der Waals surface area (Å²) in [6, 6.07) is 18.6. The monoisotopic (exact) mass is 628 g/mol. The van der Waals surface area contributed by atoms with E-state index >= 15 is 0 Å². The van der Waals surface area contributed by atoms with Crippen molar-refractivity contribution in [1.29, 1.82) is 0 Å². The van der Waals surface area contributed by atoms with Crippen LogP contribution in [0.5, 0.6) is 23.0 Å². The van der Waals surface area contributed by atoms with Crippen molar-refractivity contribution in [2.75, 3.05) is 55.6 Å². The van der Waals surface area contributed by atoms with Crippen LogP contribution in [-0.4, -0.2) is 71.2 Å². The van der Waals surface area contributed by atoms with Crippen LogP contribution in [-0.2, 0) is 29.7 Å². The Bertz CT molecular complexity index is 1480. The number of hydrogen-bond donors (Lipinski definition) is 0. The molecule has 0 saturated heterocycles. The second kappa shape index (κ2) is 16.1. The molecule has 0 N–H and O–H groups in total. The molecule has 0 bridgehead atoms. The third-order valence-electron chi connectivity index (χ3n) is 9.55. The average molecular weight is 629 g/mol. The van der Waals surface area contributed by atoms with Gasteiger partial charge in [0.1, 0.15) is 11.5 Å².